The molecule has 1 heterocycles. The van der Waals surface area contributed by atoms with Gasteiger partial charge < -0.3 is 24.8 Å². The molecular formula is C34H40BrF3N4O3. The highest BCUT2D eigenvalue weighted by molar-refractivity contribution is 9.09. The van der Waals surface area contributed by atoms with Crippen LogP contribution in [-0.2, 0) is 4.79 Å². The van der Waals surface area contributed by atoms with E-state index in [1.165, 1.54) is 6.92 Å². The third kappa shape index (κ3) is 7.74. The predicted octanol–water partition coefficient (Wildman–Crippen LogP) is 8.13. The molecule has 0 saturated carbocycles. The molecule has 1 atom stereocenters. The van der Waals surface area contributed by atoms with Crippen LogP contribution in [0, 0.1) is 0 Å². The molecule has 0 aromatic heterocycles. The minimum Gasteiger partial charge on any atom is -0.493 e. The Morgan fingerprint density at radius 2 is 1.73 bits per heavy atom. The summed E-state index contributed by atoms with van der Waals surface area (Å²) < 4.78 is 46.8. The van der Waals surface area contributed by atoms with Crippen LogP contribution in [0.5, 0.6) is 5.75 Å². The summed E-state index contributed by atoms with van der Waals surface area (Å²) in [5.74, 6) is -1.57. The first-order chi connectivity index (χ1) is 21.5. The van der Waals surface area contributed by atoms with E-state index in [2.05, 4.69) is 28.2 Å². The van der Waals surface area contributed by atoms with E-state index in [-0.39, 0.29) is 24.2 Å². The van der Waals surface area contributed by atoms with Crippen molar-refractivity contribution in [1.29, 1.82) is 0 Å². The SMILES string of the molecule is CCN(CC)c1cc(-c2ccc(C(=O)N3CC[C@H](C)Nc4ccccc43)cc2OCCCBr)ccc1N(CC)C(=O)C(F)(F)F. The number of carbonyl (C=O) groups excluding carboxylic acids is 2. The van der Waals surface area contributed by atoms with Crippen LogP contribution < -0.4 is 24.8 Å². The molecule has 45 heavy (non-hydrogen) atoms. The van der Waals surface area contributed by atoms with Gasteiger partial charge in [-0.25, -0.2) is 0 Å². The average molecular weight is 690 g/mol. The quantitative estimate of drug-likeness (QED) is 0.163. The summed E-state index contributed by atoms with van der Waals surface area (Å²) in [6, 6.07) is 18.3. The van der Waals surface area contributed by atoms with Crippen LogP contribution >= 0.6 is 15.9 Å². The number of anilines is 4. The molecule has 1 aliphatic heterocycles. The average Bonchev–Trinajstić information content (AvgIpc) is 3.19. The summed E-state index contributed by atoms with van der Waals surface area (Å²) in [7, 11) is 0. The molecule has 3 aromatic carbocycles. The first-order valence-corrected chi connectivity index (χ1v) is 16.4. The van der Waals surface area contributed by atoms with Gasteiger partial charge in [-0.1, -0.05) is 34.1 Å². The van der Waals surface area contributed by atoms with Crippen molar-refractivity contribution >= 4 is 50.5 Å². The molecule has 1 aliphatic rings. The largest absolute Gasteiger partial charge is 0.493 e. The molecule has 0 spiro atoms. The van der Waals surface area contributed by atoms with Gasteiger partial charge in [0.25, 0.3) is 5.91 Å². The summed E-state index contributed by atoms with van der Waals surface area (Å²) in [6.45, 7) is 9.29. The Kier molecular flexibility index (Phi) is 11.4. The van der Waals surface area contributed by atoms with E-state index in [9.17, 15) is 22.8 Å². The first-order valence-electron chi connectivity index (χ1n) is 15.3. The number of hydrogen-bond acceptors (Lipinski definition) is 5. The Bertz CT molecular complexity index is 1500. The standard InChI is InChI=1S/C34H40BrF3N4O3/c1-5-40(6-2)30-21-24(14-16-29(30)41(7-3)33(44)34(36,37)38)26-15-13-25(22-31(26)45-20-10-18-35)32(43)42-19-17-23(4)39-27-11-8-9-12-28(27)42/h8-9,11-16,21-23,39H,5-7,10,17-20H2,1-4H3/t23-/m0/s1. The van der Waals surface area contributed by atoms with Gasteiger partial charge in [-0.05, 0) is 88.6 Å². The van der Waals surface area contributed by atoms with Gasteiger partial charge in [0, 0.05) is 48.7 Å². The van der Waals surface area contributed by atoms with E-state index in [1.54, 1.807) is 35.2 Å². The third-order valence-electron chi connectivity index (χ3n) is 7.88. The number of carbonyl (C=O) groups is 2. The number of nitrogens with one attached hydrogen (secondary N) is 1. The van der Waals surface area contributed by atoms with Crippen LogP contribution in [-0.4, -0.2) is 62.1 Å². The fourth-order valence-corrected chi connectivity index (χ4v) is 5.77. The molecule has 0 unspecified atom stereocenters. The van der Waals surface area contributed by atoms with E-state index in [4.69, 9.17) is 4.74 Å². The first kappa shape index (κ1) is 34.1. The highest BCUT2D eigenvalue weighted by Crippen LogP contribution is 2.40. The lowest BCUT2D eigenvalue weighted by Gasteiger charge is -2.30. The zero-order valence-electron chi connectivity index (χ0n) is 26.1. The van der Waals surface area contributed by atoms with E-state index in [0.29, 0.717) is 54.4 Å². The van der Waals surface area contributed by atoms with Gasteiger partial charge in [0.2, 0.25) is 0 Å². The molecule has 0 fully saturated rings. The number of fused-ring (bicyclic) bond motifs is 1. The normalized spacial score (nSPS) is 14.7. The van der Waals surface area contributed by atoms with E-state index in [0.717, 1.165) is 34.4 Å². The lowest BCUT2D eigenvalue weighted by molar-refractivity contribution is -0.170. The maximum absolute atomic E-state index is 14.0. The van der Waals surface area contributed by atoms with E-state index < -0.39 is 12.1 Å². The van der Waals surface area contributed by atoms with E-state index in [1.807, 2.05) is 49.1 Å². The van der Waals surface area contributed by atoms with Gasteiger partial charge in [0.15, 0.2) is 0 Å². The van der Waals surface area contributed by atoms with Gasteiger partial charge in [-0.2, -0.15) is 13.2 Å². The van der Waals surface area contributed by atoms with E-state index >= 15 is 0 Å². The monoisotopic (exact) mass is 688 g/mol. The molecule has 7 nitrogen and oxygen atoms in total. The number of nitrogens with zero attached hydrogens (tertiary/aromatic N) is 3. The van der Waals surface area contributed by atoms with Crippen molar-refractivity contribution in [3.05, 3.63) is 66.2 Å². The molecule has 242 valence electrons. The molecule has 0 bridgehead atoms. The number of ether oxygens (including phenoxy) is 1. The fourth-order valence-electron chi connectivity index (χ4n) is 5.54. The Morgan fingerprint density at radius 3 is 2.40 bits per heavy atom. The summed E-state index contributed by atoms with van der Waals surface area (Å²) in [4.78, 5) is 30.8. The second-order valence-electron chi connectivity index (χ2n) is 10.8. The topological polar surface area (TPSA) is 65.1 Å². The van der Waals surface area contributed by atoms with Crippen molar-refractivity contribution in [3.63, 3.8) is 0 Å². The molecule has 0 saturated heterocycles. The summed E-state index contributed by atoms with van der Waals surface area (Å²) in [5.41, 5.74) is 4.25. The fraction of sp³-hybridized carbons (Fsp3) is 0.412. The Balaban J connectivity index is 1.79. The lowest BCUT2D eigenvalue weighted by atomic mass is 9.99. The van der Waals surface area contributed by atoms with Gasteiger partial charge in [-0.3, -0.25) is 9.59 Å². The smallest absolute Gasteiger partial charge is 0.471 e. The van der Waals surface area contributed by atoms with Crippen molar-refractivity contribution in [1.82, 2.24) is 0 Å². The lowest BCUT2D eigenvalue weighted by Crippen LogP contribution is -2.42. The minimum absolute atomic E-state index is 0.141. The number of amides is 2. The molecule has 1 N–H and O–H groups in total. The highest BCUT2D eigenvalue weighted by atomic mass is 79.9. The zero-order chi connectivity index (χ0) is 32.7. The van der Waals surface area contributed by atoms with Crippen molar-refractivity contribution < 1.29 is 27.5 Å². The molecule has 11 heteroatoms. The number of para-hydroxylation sites is 2. The van der Waals surface area contributed by atoms with Crippen LogP contribution in [0.3, 0.4) is 0 Å². The second kappa shape index (κ2) is 15.0. The third-order valence-corrected chi connectivity index (χ3v) is 8.44. The number of hydrogen-bond donors (Lipinski definition) is 1. The van der Waals surface area contributed by atoms with Crippen molar-refractivity contribution in [2.45, 2.75) is 52.8 Å². The Morgan fingerprint density at radius 1 is 1.00 bits per heavy atom. The zero-order valence-corrected chi connectivity index (χ0v) is 27.7. The van der Waals surface area contributed by atoms with Gasteiger partial charge in [0.05, 0.1) is 29.4 Å². The molecule has 2 amide bonds. The number of halogens is 4. The summed E-state index contributed by atoms with van der Waals surface area (Å²) >= 11 is 3.43. The molecular weight excluding hydrogens is 649 g/mol. The van der Waals surface area contributed by atoms with Gasteiger partial charge in [-0.15, -0.1) is 0 Å². The van der Waals surface area contributed by atoms with Crippen molar-refractivity contribution in [2.75, 3.05) is 58.1 Å². The molecule has 3 aromatic rings. The Hall–Kier alpha value is -3.73. The van der Waals surface area contributed by atoms with Crippen molar-refractivity contribution in [3.8, 4) is 16.9 Å². The number of benzene rings is 3. The van der Waals surface area contributed by atoms with Crippen LogP contribution in [0.4, 0.5) is 35.9 Å². The second-order valence-corrected chi connectivity index (χ2v) is 11.6. The van der Waals surface area contributed by atoms with Crippen LogP contribution in [0.2, 0.25) is 0 Å². The Labute approximate surface area is 271 Å². The van der Waals surface area contributed by atoms with Gasteiger partial charge >= 0.3 is 12.1 Å². The maximum atomic E-state index is 14.0. The summed E-state index contributed by atoms with van der Waals surface area (Å²) in [6.07, 6.45) is -3.50. The van der Waals surface area contributed by atoms with Crippen molar-refractivity contribution in [2.24, 2.45) is 0 Å². The minimum atomic E-state index is -5.00. The van der Waals surface area contributed by atoms with Crippen LogP contribution in [0.25, 0.3) is 11.1 Å². The molecule has 0 aliphatic carbocycles. The summed E-state index contributed by atoms with van der Waals surface area (Å²) in [5, 5.41) is 4.21. The number of rotatable bonds is 11. The maximum Gasteiger partial charge on any atom is 0.471 e. The van der Waals surface area contributed by atoms with Crippen LogP contribution in [0.1, 0.15) is 50.9 Å². The molecule has 4 rings (SSSR count). The van der Waals surface area contributed by atoms with Crippen LogP contribution in [0.15, 0.2) is 60.7 Å². The highest BCUT2D eigenvalue weighted by Gasteiger charge is 2.43. The predicted molar refractivity (Wildman–Crippen MR) is 179 cm³/mol. The number of alkyl halides is 4. The van der Waals surface area contributed by atoms with Gasteiger partial charge in [0.1, 0.15) is 5.75 Å². The molecule has 0 radical (unpaired) electrons.